The SMILES string of the molecule is CCC(C)[I-]c1cccc(C)c1. The van der Waals surface area contributed by atoms with Crippen molar-refractivity contribution in [2.45, 2.75) is 31.1 Å². The topological polar surface area (TPSA) is 0 Å². The summed E-state index contributed by atoms with van der Waals surface area (Å²) in [5.41, 5.74) is 1.40. The number of alkyl halides is 1. The molecule has 0 saturated heterocycles. The van der Waals surface area contributed by atoms with E-state index < -0.39 is 0 Å². The van der Waals surface area contributed by atoms with Gasteiger partial charge in [0.05, 0.1) is 0 Å². The summed E-state index contributed by atoms with van der Waals surface area (Å²) in [5.74, 6) is 0. The van der Waals surface area contributed by atoms with Crippen LogP contribution in [0.5, 0.6) is 0 Å². The first kappa shape index (κ1) is 10.0. The van der Waals surface area contributed by atoms with E-state index in [9.17, 15) is 0 Å². The predicted molar refractivity (Wildman–Crippen MR) is 49.6 cm³/mol. The van der Waals surface area contributed by atoms with E-state index in [1.54, 1.807) is 3.57 Å². The summed E-state index contributed by atoms with van der Waals surface area (Å²) < 4.78 is 2.51. The summed E-state index contributed by atoms with van der Waals surface area (Å²) in [7, 11) is 0. The maximum atomic E-state index is 2.36. The van der Waals surface area contributed by atoms with Crippen LogP contribution in [0.2, 0.25) is 0 Å². The van der Waals surface area contributed by atoms with E-state index in [-0.39, 0.29) is 21.2 Å². The van der Waals surface area contributed by atoms with Crippen molar-refractivity contribution in [2.24, 2.45) is 0 Å². The monoisotopic (exact) mass is 275 g/mol. The normalized spacial score (nSPS) is 13.2. The average molecular weight is 275 g/mol. The number of hydrogen-bond acceptors (Lipinski definition) is 0. The Morgan fingerprint density at radius 2 is 2.17 bits per heavy atom. The van der Waals surface area contributed by atoms with Crippen LogP contribution >= 0.6 is 0 Å². The first-order chi connectivity index (χ1) is 5.72. The van der Waals surface area contributed by atoms with Gasteiger partial charge in [-0.3, -0.25) is 0 Å². The van der Waals surface area contributed by atoms with Gasteiger partial charge < -0.3 is 0 Å². The Bertz CT molecular complexity index is 243. The quantitative estimate of drug-likeness (QED) is 0.540. The van der Waals surface area contributed by atoms with Crippen LogP contribution in [0.3, 0.4) is 0 Å². The van der Waals surface area contributed by atoms with Crippen molar-refractivity contribution in [3.63, 3.8) is 0 Å². The standard InChI is InChI=1S/C11H16I/c1-4-10(3)12-11-7-5-6-9(2)8-11/h5-8,10H,4H2,1-3H3/q-1. The molecule has 1 atom stereocenters. The molecule has 0 amide bonds. The second-order valence-corrected chi connectivity index (χ2v) is 7.09. The van der Waals surface area contributed by atoms with E-state index in [1.807, 2.05) is 0 Å². The van der Waals surface area contributed by atoms with Gasteiger partial charge in [0.2, 0.25) is 0 Å². The minimum atomic E-state index is 0.247. The molecule has 12 heavy (non-hydrogen) atoms. The second-order valence-electron chi connectivity index (χ2n) is 3.10. The van der Waals surface area contributed by atoms with Crippen LogP contribution < -0.4 is 21.2 Å². The molecule has 68 valence electrons. The number of benzene rings is 1. The van der Waals surface area contributed by atoms with Crippen molar-refractivity contribution in [3.05, 3.63) is 33.4 Å². The third kappa shape index (κ3) is 3.13. The van der Waals surface area contributed by atoms with Gasteiger partial charge in [-0.15, -0.1) is 0 Å². The van der Waals surface area contributed by atoms with Gasteiger partial charge in [0.15, 0.2) is 0 Å². The Labute approximate surface area is 85.6 Å². The van der Waals surface area contributed by atoms with Crippen LogP contribution in [0.4, 0.5) is 0 Å². The molecule has 1 heteroatoms. The summed E-state index contributed by atoms with van der Waals surface area (Å²) in [6, 6.07) is 8.95. The molecule has 0 aliphatic heterocycles. The van der Waals surface area contributed by atoms with Crippen molar-refractivity contribution < 1.29 is 21.2 Å². The van der Waals surface area contributed by atoms with Crippen molar-refractivity contribution in [1.82, 2.24) is 0 Å². The van der Waals surface area contributed by atoms with Gasteiger partial charge in [-0.1, -0.05) is 0 Å². The van der Waals surface area contributed by atoms with Gasteiger partial charge in [-0.05, 0) is 0 Å². The summed E-state index contributed by atoms with van der Waals surface area (Å²) >= 11 is 0.247. The Morgan fingerprint density at radius 1 is 1.42 bits per heavy atom. The van der Waals surface area contributed by atoms with E-state index in [0.29, 0.717) is 0 Å². The Balaban J connectivity index is 2.63. The van der Waals surface area contributed by atoms with E-state index in [0.717, 1.165) is 3.92 Å². The molecule has 0 aliphatic rings. The zero-order valence-corrected chi connectivity index (χ0v) is 10.1. The fourth-order valence-electron chi connectivity index (χ4n) is 0.966. The van der Waals surface area contributed by atoms with E-state index in [1.165, 1.54) is 12.0 Å². The maximum absolute atomic E-state index is 2.36. The molecule has 0 spiro atoms. The van der Waals surface area contributed by atoms with Gasteiger partial charge in [0.25, 0.3) is 0 Å². The zero-order valence-electron chi connectivity index (χ0n) is 7.97. The number of halogens is 1. The third-order valence-corrected chi connectivity index (χ3v) is 5.19. The van der Waals surface area contributed by atoms with Crippen molar-refractivity contribution in [2.75, 3.05) is 0 Å². The fraction of sp³-hybridized carbons (Fsp3) is 0.455. The van der Waals surface area contributed by atoms with Gasteiger partial charge >= 0.3 is 85.7 Å². The van der Waals surface area contributed by atoms with Crippen LogP contribution in [0.25, 0.3) is 0 Å². The molecule has 0 aliphatic carbocycles. The van der Waals surface area contributed by atoms with E-state index >= 15 is 0 Å². The molecule has 0 aromatic heterocycles. The Kier molecular flexibility index (Phi) is 4.06. The zero-order chi connectivity index (χ0) is 8.97. The summed E-state index contributed by atoms with van der Waals surface area (Å²) in [6.07, 6.45) is 1.32. The molecule has 0 nitrogen and oxygen atoms in total. The fourth-order valence-corrected chi connectivity index (χ4v) is 3.72. The molecule has 1 unspecified atom stereocenters. The van der Waals surface area contributed by atoms with E-state index in [2.05, 4.69) is 45.0 Å². The second kappa shape index (κ2) is 4.85. The number of rotatable bonds is 3. The molecule has 0 radical (unpaired) electrons. The summed E-state index contributed by atoms with van der Waals surface area (Å²) in [4.78, 5) is 0. The van der Waals surface area contributed by atoms with Gasteiger partial charge in [-0.25, -0.2) is 0 Å². The minimum absolute atomic E-state index is 0.247. The molecule has 1 rings (SSSR count). The van der Waals surface area contributed by atoms with Crippen molar-refractivity contribution in [3.8, 4) is 0 Å². The molecule has 0 heterocycles. The molecule has 0 N–H and O–H groups in total. The Hall–Kier alpha value is -0.0500. The first-order valence-electron chi connectivity index (χ1n) is 4.42. The predicted octanol–water partition coefficient (Wildman–Crippen LogP) is 0.0521. The van der Waals surface area contributed by atoms with Crippen LogP contribution in [0.15, 0.2) is 24.3 Å². The number of hydrogen-bond donors (Lipinski definition) is 0. The summed E-state index contributed by atoms with van der Waals surface area (Å²) in [5, 5.41) is 0. The molecular formula is C11H16I-. The van der Waals surface area contributed by atoms with Crippen molar-refractivity contribution >= 4 is 0 Å². The third-order valence-electron chi connectivity index (χ3n) is 1.85. The van der Waals surface area contributed by atoms with Gasteiger partial charge in [0, 0.05) is 0 Å². The average Bonchev–Trinajstić information content (AvgIpc) is 2.04. The molecule has 0 fully saturated rings. The van der Waals surface area contributed by atoms with Crippen LogP contribution in [-0.4, -0.2) is 3.92 Å². The molecule has 1 aromatic carbocycles. The van der Waals surface area contributed by atoms with Crippen molar-refractivity contribution in [1.29, 1.82) is 0 Å². The molecule has 0 saturated carbocycles. The molecule has 0 bridgehead atoms. The van der Waals surface area contributed by atoms with E-state index in [4.69, 9.17) is 0 Å². The molecular weight excluding hydrogens is 259 g/mol. The summed E-state index contributed by atoms with van der Waals surface area (Å²) in [6.45, 7) is 6.81. The molecule has 1 aromatic rings. The van der Waals surface area contributed by atoms with Gasteiger partial charge in [0.1, 0.15) is 0 Å². The van der Waals surface area contributed by atoms with Crippen LogP contribution in [0, 0.1) is 10.5 Å². The first-order valence-corrected chi connectivity index (χ1v) is 6.75. The number of aryl methyl sites for hydroxylation is 1. The van der Waals surface area contributed by atoms with Crippen LogP contribution in [0.1, 0.15) is 25.8 Å². The van der Waals surface area contributed by atoms with Gasteiger partial charge in [-0.2, -0.15) is 0 Å². The Morgan fingerprint density at radius 3 is 2.75 bits per heavy atom. The van der Waals surface area contributed by atoms with Crippen LogP contribution in [-0.2, 0) is 0 Å².